The fourth-order valence-corrected chi connectivity index (χ4v) is 7.74. The Kier molecular flexibility index (Phi) is 34.5. The Morgan fingerprint density at radius 3 is 1.60 bits per heavy atom. The lowest BCUT2D eigenvalue weighted by atomic mass is 9.99. The molecular weight excluding hydrogens is 791 g/mol. The molecule has 1 aliphatic rings. The van der Waals surface area contributed by atoms with Gasteiger partial charge in [-0.1, -0.05) is 166 Å². The van der Waals surface area contributed by atoms with E-state index in [9.17, 15) is 43.3 Å². The third-order valence-corrected chi connectivity index (χ3v) is 11.5. The molecule has 1 rings (SSSR count). The van der Waals surface area contributed by atoms with Gasteiger partial charge in [0, 0.05) is 0 Å². The average Bonchev–Trinajstić information content (AvgIpc) is 3.22. The molecule has 0 aromatic carbocycles. The third kappa shape index (κ3) is 28.8. The van der Waals surface area contributed by atoms with Gasteiger partial charge in [-0.3, -0.25) is 9.35 Å². The zero-order chi connectivity index (χ0) is 44.3. The topological polar surface area (TPSA) is 212 Å². The number of amides is 1. The van der Waals surface area contributed by atoms with Crippen LogP contribution in [0.2, 0.25) is 0 Å². The first-order valence-electron chi connectivity index (χ1n) is 23.5. The zero-order valence-corrected chi connectivity index (χ0v) is 37.9. The Bertz CT molecular complexity index is 1230. The Labute approximate surface area is 363 Å². The minimum Gasteiger partial charge on any atom is -0.394 e. The van der Waals surface area contributed by atoms with Crippen molar-refractivity contribution < 1.29 is 57.0 Å². The van der Waals surface area contributed by atoms with Crippen molar-refractivity contribution in [1.29, 1.82) is 0 Å². The van der Waals surface area contributed by atoms with Gasteiger partial charge in [-0.15, -0.1) is 0 Å². The van der Waals surface area contributed by atoms with Gasteiger partial charge in [0.15, 0.2) is 6.29 Å². The average molecular weight is 876 g/mol. The maximum Gasteiger partial charge on any atom is 0.397 e. The van der Waals surface area contributed by atoms with Crippen LogP contribution in [0.3, 0.4) is 0 Å². The van der Waals surface area contributed by atoms with E-state index >= 15 is 0 Å². The van der Waals surface area contributed by atoms with E-state index in [1.54, 1.807) is 6.08 Å². The summed E-state index contributed by atoms with van der Waals surface area (Å²) in [5.74, 6) is -0.718. The van der Waals surface area contributed by atoms with E-state index < -0.39 is 78.5 Å². The van der Waals surface area contributed by atoms with Gasteiger partial charge in [-0.25, -0.2) is 4.18 Å². The van der Waals surface area contributed by atoms with Crippen molar-refractivity contribution in [1.82, 2.24) is 5.32 Å². The molecule has 13 nitrogen and oxygen atoms in total. The molecule has 0 bridgehead atoms. The van der Waals surface area contributed by atoms with Crippen LogP contribution in [0.5, 0.6) is 0 Å². The lowest BCUT2D eigenvalue weighted by Crippen LogP contribution is -2.61. The highest BCUT2D eigenvalue weighted by atomic mass is 32.3. The van der Waals surface area contributed by atoms with E-state index in [4.69, 9.17) is 9.47 Å². The van der Waals surface area contributed by atoms with Crippen molar-refractivity contribution in [2.45, 2.75) is 236 Å². The Morgan fingerprint density at radius 2 is 1.12 bits per heavy atom. The minimum atomic E-state index is -5.12. The van der Waals surface area contributed by atoms with Crippen LogP contribution in [-0.2, 0) is 28.9 Å². The van der Waals surface area contributed by atoms with Gasteiger partial charge in [-0.05, 0) is 57.8 Å². The molecule has 8 atom stereocenters. The van der Waals surface area contributed by atoms with Crippen LogP contribution in [-0.4, -0.2) is 107 Å². The lowest BCUT2D eigenvalue weighted by molar-refractivity contribution is -0.298. The van der Waals surface area contributed by atoms with Gasteiger partial charge in [0.05, 0.1) is 25.4 Å². The van der Waals surface area contributed by atoms with Crippen LogP contribution in [0.15, 0.2) is 36.5 Å². The van der Waals surface area contributed by atoms with Crippen molar-refractivity contribution >= 4 is 16.3 Å². The van der Waals surface area contributed by atoms with Crippen LogP contribution in [0.1, 0.15) is 187 Å². The number of hydrogen-bond acceptors (Lipinski definition) is 11. The molecule has 0 aliphatic carbocycles. The van der Waals surface area contributed by atoms with Gasteiger partial charge in [0.1, 0.15) is 30.5 Å². The van der Waals surface area contributed by atoms with Gasteiger partial charge in [-0.2, -0.15) is 8.42 Å². The van der Waals surface area contributed by atoms with Crippen molar-refractivity contribution in [3.05, 3.63) is 36.5 Å². The number of unbranched alkanes of at least 4 members (excludes halogenated alkanes) is 22. The maximum atomic E-state index is 13.1. The molecule has 1 saturated heterocycles. The summed E-state index contributed by atoms with van der Waals surface area (Å²) >= 11 is 0. The van der Waals surface area contributed by atoms with Crippen LogP contribution < -0.4 is 5.32 Å². The summed E-state index contributed by atoms with van der Waals surface area (Å²) in [6.45, 7) is 3.18. The summed E-state index contributed by atoms with van der Waals surface area (Å²) in [6, 6.07) is -1.14. The number of aliphatic hydroxyl groups excluding tert-OH is 5. The first-order valence-corrected chi connectivity index (χ1v) is 24.8. The van der Waals surface area contributed by atoms with Crippen molar-refractivity contribution in [3.63, 3.8) is 0 Å². The number of carbonyl (C=O) groups is 1. The van der Waals surface area contributed by atoms with Crippen LogP contribution >= 0.6 is 0 Å². The Morgan fingerprint density at radius 1 is 0.667 bits per heavy atom. The summed E-state index contributed by atoms with van der Waals surface area (Å²) in [4.78, 5) is 13.1. The van der Waals surface area contributed by atoms with E-state index in [-0.39, 0.29) is 6.42 Å². The molecule has 0 aromatic rings. The molecule has 0 spiro atoms. The predicted molar refractivity (Wildman–Crippen MR) is 238 cm³/mol. The fraction of sp³-hybridized carbons (Fsp3) is 0.848. The molecule has 1 amide bonds. The van der Waals surface area contributed by atoms with Crippen LogP contribution in [0, 0.1) is 0 Å². The summed E-state index contributed by atoms with van der Waals surface area (Å²) in [7, 11) is -5.12. The number of allylic oxidation sites excluding steroid dienone is 5. The SMILES string of the molecule is CCCCCCCCC/C=C/CC/C=C/C(O)C(COC1OC(CO)C(O)C(OS(=O)(=O)O)C1O)NC(=O)C(O)CCCCCCCC/C=C\CCCCCCCCCC. The molecule has 14 heteroatoms. The van der Waals surface area contributed by atoms with Gasteiger partial charge >= 0.3 is 10.4 Å². The van der Waals surface area contributed by atoms with E-state index in [0.29, 0.717) is 12.8 Å². The highest BCUT2D eigenvalue weighted by Gasteiger charge is 2.48. The largest absolute Gasteiger partial charge is 0.397 e. The molecule has 1 heterocycles. The molecule has 0 aromatic heterocycles. The standard InChI is InChI=1S/C46H85NO12S/c1-3-5-7-9-11-13-15-17-18-19-20-21-23-25-27-29-31-33-35-40(50)45(53)47-38(39(49)34-32-30-28-26-24-22-16-14-12-10-8-6-4-2)37-57-46-43(52)44(59-60(54,55)56)42(51)41(36-48)58-46/h19-20,24,26,32,34,38-44,46,48-52H,3-18,21-23,25,27-31,33,35-37H2,1-2H3,(H,47,53)(H,54,55,56)/b20-19-,26-24+,34-32+. The predicted octanol–water partition coefficient (Wildman–Crippen LogP) is 8.08. The van der Waals surface area contributed by atoms with Gasteiger partial charge in [0.2, 0.25) is 5.91 Å². The number of rotatable bonds is 39. The summed E-state index contributed by atoms with van der Waals surface area (Å²) < 4.78 is 47.5. The van der Waals surface area contributed by atoms with Crippen molar-refractivity contribution in [2.24, 2.45) is 0 Å². The second kappa shape index (κ2) is 36.7. The number of hydrogen-bond donors (Lipinski definition) is 7. The molecular formula is C46H85NO12S. The number of aliphatic hydroxyl groups is 5. The van der Waals surface area contributed by atoms with E-state index in [0.717, 1.165) is 64.2 Å². The summed E-state index contributed by atoms with van der Waals surface area (Å²) in [5, 5.41) is 55.1. The summed E-state index contributed by atoms with van der Waals surface area (Å²) in [6.07, 6.45) is 30.9. The molecule has 7 N–H and O–H groups in total. The summed E-state index contributed by atoms with van der Waals surface area (Å²) in [5.41, 5.74) is 0. The first-order chi connectivity index (χ1) is 28.9. The molecule has 1 fully saturated rings. The van der Waals surface area contributed by atoms with E-state index in [1.807, 2.05) is 0 Å². The highest BCUT2D eigenvalue weighted by molar-refractivity contribution is 7.80. The molecule has 8 unspecified atom stereocenters. The number of carbonyl (C=O) groups excluding carboxylic acids is 1. The highest BCUT2D eigenvalue weighted by Crippen LogP contribution is 2.26. The van der Waals surface area contributed by atoms with Gasteiger partial charge in [0.25, 0.3) is 0 Å². The second-order valence-corrected chi connectivity index (χ2v) is 17.5. The smallest absolute Gasteiger partial charge is 0.394 e. The number of nitrogens with one attached hydrogen (secondary N) is 1. The van der Waals surface area contributed by atoms with Crippen molar-refractivity contribution in [2.75, 3.05) is 13.2 Å². The Hall–Kier alpha value is -1.72. The molecule has 1 aliphatic heterocycles. The molecule has 352 valence electrons. The van der Waals surface area contributed by atoms with Gasteiger partial charge < -0.3 is 40.3 Å². The lowest BCUT2D eigenvalue weighted by Gasteiger charge is -2.41. The maximum absolute atomic E-state index is 13.1. The second-order valence-electron chi connectivity index (χ2n) is 16.5. The van der Waals surface area contributed by atoms with Crippen LogP contribution in [0.4, 0.5) is 0 Å². The van der Waals surface area contributed by atoms with Crippen LogP contribution in [0.25, 0.3) is 0 Å². The monoisotopic (exact) mass is 876 g/mol. The first kappa shape index (κ1) is 56.3. The normalized spacial score (nSPS) is 21.6. The Balaban J connectivity index is 2.58. The zero-order valence-electron chi connectivity index (χ0n) is 37.1. The molecule has 60 heavy (non-hydrogen) atoms. The van der Waals surface area contributed by atoms with E-state index in [1.165, 1.54) is 96.0 Å². The fourth-order valence-electron chi connectivity index (χ4n) is 7.24. The molecule has 0 radical (unpaired) electrons. The van der Waals surface area contributed by atoms with Crippen molar-refractivity contribution in [3.8, 4) is 0 Å². The number of ether oxygens (including phenoxy) is 2. The molecule has 0 saturated carbocycles. The third-order valence-electron chi connectivity index (χ3n) is 11.0. The minimum absolute atomic E-state index is 0.229. The van der Waals surface area contributed by atoms with E-state index in [2.05, 4.69) is 47.7 Å². The quantitative estimate of drug-likeness (QED) is 0.0178.